The largest absolute Gasteiger partial charge is 0.494 e. The van der Waals surface area contributed by atoms with Gasteiger partial charge in [0.25, 0.3) is 5.91 Å². The number of sulfone groups is 1. The Morgan fingerprint density at radius 3 is 2.47 bits per heavy atom. The molecule has 0 bridgehead atoms. The molecule has 0 N–H and O–H groups in total. The summed E-state index contributed by atoms with van der Waals surface area (Å²) >= 11 is 0. The standard InChI is InChI=1S/C28H33NO4S/c1-2-3-4-7-18-33-26-15-13-23(14-16-26)28(30)29(25-17-19-34(31,32)21-25)20-24-11-8-10-22-9-5-6-12-27(22)24/h5-6,8-16,25H,2-4,7,17-21H2,1H3/t25-/m0/s1. The fourth-order valence-electron chi connectivity index (χ4n) is 4.58. The fourth-order valence-corrected chi connectivity index (χ4v) is 6.31. The molecule has 180 valence electrons. The van der Waals surface area contributed by atoms with Crippen LogP contribution in [-0.2, 0) is 16.4 Å². The van der Waals surface area contributed by atoms with E-state index in [1.54, 1.807) is 17.0 Å². The maximum absolute atomic E-state index is 13.6. The average Bonchev–Trinajstić information content (AvgIpc) is 3.21. The van der Waals surface area contributed by atoms with E-state index in [4.69, 9.17) is 4.74 Å². The molecule has 1 atom stereocenters. The molecular formula is C28H33NO4S. The van der Waals surface area contributed by atoms with Gasteiger partial charge in [-0.2, -0.15) is 0 Å². The molecule has 1 aliphatic rings. The van der Waals surface area contributed by atoms with Crippen LogP contribution in [0.15, 0.2) is 66.7 Å². The molecule has 3 aromatic rings. The van der Waals surface area contributed by atoms with Crippen LogP contribution in [0.25, 0.3) is 10.8 Å². The van der Waals surface area contributed by atoms with Crippen LogP contribution in [0.1, 0.15) is 54.9 Å². The van der Waals surface area contributed by atoms with Gasteiger partial charge < -0.3 is 9.64 Å². The van der Waals surface area contributed by atoms with Crippen LogP contribution in [0.3, 0.4) is 0 Å². The zero-order chi connectivity index (χ0) is 24.0. The lowest BCUT2D eigenvalue weighted by Crippen LogP contribution is -2.40. The fraction of sp³-hybridized carbons (Fsp3) is 0.393. The Balaban J connectivity index is 1.54. The Morgan fingerprint density at radius 2 is 1.74 bits per heavy atom. The lowest BCUT2D eigenvalue weighted by atomic mass is 10.0. The third-order valence-corrected chi connectivity index (χ3v) is 8.25. The number of unbranched alkanes of at least 4 members (excludes halogenated alkanes) is 3. The average molecular weight is 480 g/mol. The number of carbonyl (C=O) groups excluding carboxylic acids is 1. The Hall–Kier alpha value is -2.86. The van der Waals surface area contributed by atoms with Crippen LogP contribution in [0.5, 0.6) is 5.75 Å². The smallest absolute Gasteiger partial charge is 0.254 e. The zero-order valence-corrected chi connectivity index (χ0v) is 20.6. The van der Waals surface area contributed by atoms with Crippen molar-refractivity contribution in [3.8, 4) is 5.75 Å². The molecule has 1 amide bonds. The van der Waals surface area contributed by atoms with Gasteiger partial charge in [-0.05, 0) is 53.4 Å². The molecule has 6 heteroatoms. The van der Waals surface area contributed by atoms with Gasteiger partial charge in [-0.3, -0.25) is 4.79 Å². The van der Waals surface area contributed by atoms with Gasteiger partial charge in [0, 0.05) is 18.2 Å². The van der Waals surface area contributed by atoms with Crippen LogP contribution in [0.4, 0.5) is 0 Å². The van der Waals surface area contributed by atoms with Crippen molar-refractivity contribution in [2.75, 3.05) is 18.1 Å². The minimum atomic E-state index is -3.13. The summed E-state index contributed by atoms with van der Waals surface area (Å²) in [6, 6.07) is 21.0. The van der Waals surface area contributed by atoms with Crippen molar-refractivity contribution in [2.45, 2.75) is 51.6 Å². The molecule has 0 spiro atoms. The number of hydrogen-bond acceptors (Lipinski definition) is 4. The summed E-state index contributed by atoms with van der Waals surface area (Å²) in [7, 11) is -3.13. The normalized spacial score (nSPS) is 17.0. The maximum atomic E-state index is 13.6. The number of ether oxygens (including phenoxy) is 1. The van der Waals surface area contributed by atoms with Crippen LogP contribution >= 0.6 is 0 Å². The highest BCUT2D eigenvalue weighted by Crippen LogP contribution is 2.26. The molecule has 0 aliphatic carbocycles. The van der Waals surface area contributed by atoms with E-state index in [0.717, 1.165) is 34.9 Å². The minimum absolute atomic E-state index is 0.0163. The number of carbonyl (C=O) groups is 1. The molecule has 0 saturated carbocycles. The van der Waals surface area contributed by atoms with Crippen LogP contribution in [0.2, 0.25) is 0 Å². The van der Waals surface area contributed by atoms with E-state index in [1.807, 2.05) is 54.6 Å². The molecule has 1 saturated heterocycles. The summed E-state index contributed by atoms with van der Waals surface area (Å²) < 4.78 is 30.3. The second-order valence-corrected chi connectivity index (χ2v) is 11.3. The molecule has 4 rings (SSSR count). The predicted molar refractivity (Wildman–Crippen MR) is 137 cm³/mol. The van der Waals surface area contributed by atoms with Gasteiger partial charge in [0.2, 0.25) is 0 Å². The van der Waals surface area contributed by atoms with E-state index in [0.29, 0.717) is 25.1 Å². The first-order valence-electron chi connectivity index (χ1n) is 12.2. The van der Waals surface area contributed by atoms with Crippen molar-refractivity contribution in [2.24, 2.45) is 0 Å². The Morgan fingerprint density at radius 1 is 0.971 bits per heavy atom. The monoisotopic (exact) mass is 479 g/mol. The van der Waals surface area contributed by atoms with Gasteiger partial charge in [0.15, 0.2) is 9.84 Å². The summed E-state index contributed by atoms with van der Waals surface area (Å²) in [5.41, 5.74) is 1.56. The molecule has 1 heterocycles. The van der Waals surface area contributed by atoms with Gasteiger partial charge in [0.05, 0.1) is 18.1 Å². The summed E-state index contributed by atoms with van der Waals surface area (Å²) in [6.45, 7) is 3.22. The van der Waals surface area contributed by atoms with Crippen LogP contribution < -0.4 is 4.74 Å². The van der Waals surface area contributed by atoms with E-state index in [1.165, 1.54) is 12.8 Å². The van der Waals surface area contributed by atoms with Crippen molar-refractivity contribution in [1.82, 2.24) is 4.90 Å². The first kappa shape index (κ1) is 24.3. The van der Waals surface area contributed by atoms with Crippen molar-refractivity contribution < 1.29 is 17.9 Å². The van der Waals surface area contributed by atoms with Crippen molar-refractivity contribution in [3.05, 3.63) is 77.9 Å². The van der Waals surface area contributed by atoms with Gasteiger partial charge in [-0.1, -0.05) is 68.7 Å². The highest BCUT2D eigenvalue weighted by atomic mass is 32.2. The molecule has 1 aliphatic heterocycles. The Labute approximate surface area is 202 Å². The van der Waals surface area contributed by atoms with Gasteiger partial charge >= 0.3 is 0 Å². The van der Waals surface area contributed by atoms with E-state index in [9.17, 15) is 13.2 Å². The number of rotatable bonds is 10. The van der Waals surface area contributed by atoms with Gasteiger partial charge in [0.1, 0.15) is 5.75 Å². The number of hydrogen-bond donors (Lipinski definition) is 0. The zero-order valence-electron chi connectivity index (χ0n) is 19.8. The van der Waals surface area contributed by atoms with E-state index in [2.05, 4.69) is 6.92 Å². The summed E-state index contributed by atoms with van der Waals surface area (Å²) in [4.78, 5) is 15.4. The number of fused-ring (bicyclic) bond motifs is 1. The second kappa shape index (κ2) is 11.0. The maximum Gasteiger partial charge on any atom is 0.254 e. The highest BCUT2D eigenvalue weighted by Gasteiger charge is 2.35. The van der Waals surface area contributed by atoms with Crippen molar-refractivity contribution >= 4 is 26.5 Å². The minimum Gasteiger partial charge on any atom is -0.494 e. The molecule has 34 heavy (non-hydrogen) atoms. The van der Waals surface area contributed by atoms with Crippen molar-refractivity contribution in [1.29, 1.82) is 0 Å². The highest BCUT2D eigenvalue weighted by molar-refractivity contribution is 7.91. The quantitative estimate of drug-likeness (QED) is 0.354. The van der Waals surface area contributed by atoms with E-state index in [-0.39, 0.29) is 23.5 Å². The van der Waals surface area contributed by atoms with Gasteiger partial charge in [-0.15, -0.1) is 0 Å². The third kappa shape index (κ3) is 5.98. The molecule has 3 aromatic carbocycles. The SMILES string of the molecule is CCCCCCOc1ccc(C(=O)N(Cc2cccc3ccccc23)[C@H]2CCS(=O)(=O)C2)cc1. The van der Waals surface area contributed by atoms with Crippen LogP contribution in [-0.4, -0.2) is 43.4 Å². The lowest BCUT2D eigenvalue weighted by Gasteiger charge is -2.29. The molecule has 1 fully saturated rings. The summed E-state index contributed by atoms with van der Waals surface area (Å²) in [5.74, 6) is 0.742. The second-order valence-electron chi connectivity index (χ2n) is 9.06. The topological polar surface area (TPSA) is 63.7 Å². The third-order valence-electron chi connectivity index (χ3n) is 6.50. The molecule has 5 nitrogen and oxygen atoms in total. The number of benzene rings is 3. The predicted octanol–water partition coefficient (Wildman–Crippen LogP) is 5.63. The lowest BCUT2D eigenvalue weighted by molar-refractivity contribution is 0.0682. The molecular weight excluding hydrogens is 446 g/mol. The summed E-state index contributed by atoms with van der Waals surface area (Å²) in [6.07, 6.45) is 5.04. The molecule has 0 radical (unpaired) electrons. The number of amides is 1. The van der Waals surface area contributed by atoms with E-state index >= 15 is 0 Å². The van der Waals surface area contributed by atoms with E-state index < -0.39 is 9.84 Å². The Kier molecular flexibility index (Phi) is 7.88. The summed E-state index contributed by atoms with van der Waals surface area (Å²) in [5, 5.41) is 2.18. The first-order valence-corrected chi connectivity index (χ1v) is 14.0. The first-order chi connectivity index (χ1) is 16.5. The number of nitrogens with zero attached hydrogens (tertiary/aromatic N) is 1. The van der Waals surface area contributed by atoms with Crippen molar-refractivity contribution in [3.63, 3.8) is 0 Å². The van der Waals surface area contributed by atoms with Gasteiger partial charge in [-0.25, -0.2) is 8.42 Å². The van der Waals surface area contributed by atoms with Crippen LogP contribution in [0, 0.1) is 0 Å². The Bertz CT molecular complexity index is 1220. The molecule has 0 aromatic heterocycles. The molecule has 0 unspecified atom stereocenters.